The van der Waals surface area contributed by atoms with Crippen molar-refractivity contribution < 1.29 is 0 Å². The Labute approximate surface area is 89.6 Å². The lowest BCUT2D eigenvalue weighted by molar-refractivity contribution is 0.203. The van der Waals surface area contributed by atoms with Crippen LogP contribution in [0, 0.1) is 5.92 Å². The SMILES string of the molecule is CN1CCC(Cn2cnccc2=O)CC1. The standard InChI is InChI=1S/C11H17N3O/c1-13-6-3-10(4-7-13)8-14-9-12-5-2-11(14)15/h2,5,9-10H,3-4,6-8H2,1H3. The molecule has 0 bridgehead atoms. The van der Waals surface area contributed by atoms with Crippen LogP contribution in [-0.2, 0) is 6.54 Å². The van der Waals surface area contributed by atoms with E-state index in [9.17, 15) is 4.79 Å². The van der Waals surface area contributed by atoms with Gasteiger partial charge in [-0.15, -0.1) is 0 Å². The zero-order valence-electron chi connectivity index (χ0n) is 9.09. The Bertz CT molecular complexity index is 366. The summed E-state index contributed by atoms with van der Waals surface area (Å²) >= 11 is 0. The topological polar surface area (TPSA) is 38.1 Å². The predicted molar refractivity (Wildman–Crippen MR) is 58.7 cm³/mol. The van der Waals surface area contributed by atoms with Gasteiger partial charge in [-0.25, -0.2) is 4.98 Å². The minimum Gasteiger partial charge on any atom is -0.306 e. The van der Waals surface area contributed by atoms with Crippen LogP contribution in [0.4, 0.5) is 0 Å². The third kappa shape index (κ3) is 2.65. The molecule has 1 fully saturated rings. The molecule has 1 aromatic rings. The van der Waals surface area contributed by atoms with Gasteiger partial charge in [-0.3, -0.25) is 9.36 Å². The van der Waals surface area contributed by atoms with Gasteiger partial charge in [0.2, 0.25) is 0 Å². The second kappa shape index (κ2) is 4.57. The van der Waals surface area contributed by atoms with Crippen molar-refractivity contribution >= 4 is 0 Å². The fourth-order valence-corrected chi connectivity index (χ4v) is 2.04. The molecule has 0 amide bonds. The fraction of sp³-hybridized carbons (Fsp3) is 0.636. The molecule has 15 heavy (non-hydrogen) atoms. The summed E-state index contributed by atoms with van der Waals surface area (Å²) in [5, 5.41) is 0. The zero-order valence-corrected chi connectivity index (χ0v) is 9.09. The molecule has 4 nitrogen and oxygen atoms in total. The molecule has 1 saturated heterocycles. The first-order chi connectivity index (χ1) is 7.25. The second-order valence-electron chi connectivity index (χ2n) is 4.32. The van der Waals surface area contributed by atoms with Crippen molar-refractivity contribution in [3.8, 4) is 0 Å². The Hall–Kier alpha value is -1.16. The minimum atomic E-state index is 0.0592. The highest BCUT2D eigenvalue weighted by molar-refractivity contribution is 4.83. The highest BCUT2D eigenvalue weighted by Crippen LogP contribution is 2.16. The van der Waals surface area contributed by atoms with Gasteiger partial charge < -0.3 is 4.90 Å². The lowest BCUT2D eigenvalue weighted by Gasteiger charge is -2.29. The average molecular weight is 207 g/mol. The Morgan fingerprint density at radius 2 is 2.20 bits per heavy atom. The molecule has 1 aromatic heterocycles. The Morgan fingerprint density at radius 1 is 1.47 bits per heavy atom. The molecule has 0 radical (unpaired) electrons. The third-order valence-corrected chi connectivity index (χ3v) is 3.09. The number of hydrogen-bond donors (Lipinski definition) is 0. The summed E-state index contributed by atoms with van der Waals surface area (Å²) in [6.07, 6.45) is 5.55. The molecule has 0 N–H and O–H groups in total. The Balaban J connectivity index is 1.98. The Morgan fingerprint density at radius 3 is 2.87 bits per heavy atom. The van der Waals surface area contributed by atoms with Crippen LogP contribution in [0.2, 0.25) is 0 Å². The number of nitrogens with zero attached hydrogens (tertiary/aromatic N) is 3. The molecule has 2 heterocycles. The monoisotopic (exact) mass is 207 g/mol. The fourth-order valence-electron chi connectivity index (χ4n) is 2.04. The number of piperidine rings is 1. The Kier molecular flexibility index (Phi) is 3.16. The normalized spacial score (nSPS) is 19.3. The summed E-state index contributed by atoms with van der Waals surface area (Å²) in [5.41, 5.74) is 0.0592. The summed E-state index contributed by atoms with van der Waals surface area (Å²) < 4.78 is 1.72. The van der Waals surface area contributed by atoms with E-state index in [0.717, 1.165) is 19.6 Å². The van der Waals surface area contributed by atoms with Gasteiger partial charge in [0.15, 0.2) is 0 Å². The molecule has 2 rings (SSSR count). The van der Waals surface area contributed by atoms with Gasteiger partial charge in [0.05, 0.1) is 6.33 Å². The highest BCUT2D eigenvalue weighted by atomic mass is 16.1. The quantitative estimate of drug-likeness (QED) is 0.712. The van der Waals surface area contributed by atoms with E-state index in [1.807, 2.05) is 0 Å². The molecular weight excluding hydrogens is 190 g/mol. The van der Waals surface area contributed by atoms with Crippen LogP contribution in [0.25, 0.3) is 0 Å². The van der Waals surface area contributed by atoms with E-state index in [2.05, 4.69) is 16.9 Å². The van der Waals surface area contributed by atoms with Crippen molar-refractivity contribution in [1.29, 1.82) is 0 Å². The van der Waals surface area contributed by atoms with Gasteiger partial charge in [0.1, 0.15) is 0 Å². The van der Waals surface area contributed by atoms with Crippen LogP contribution in [-0.4, -0.2) is 34.6 Å². The van der Waals surface area contributed by atoms with Crippen molar-refractivity contribution in [3.63, 3.8) is 0 Å². The third-order valence-electron chi connectivity index (χ3n) is 3.09. The summed E-state index contributed by atoms with van der Waals surface area (Å²) in [6.45, 7) is 3.10. The first kappa shape index (κ1) is 10.4. The summed E-state index contributed by atoms with van der Waals surface area (Å²) in [5.74, 6) is 0.628. The molecule has 0 saturated carbocycles. The highest BCUT2D eigenvalue weighted by Gasteiger charge is 2.17. The van der Waals surface area contributed by atoms with Gasteiger partial charge in [-0.05, 0) is 38.9 Å². The van der Waals surface area contributed by atoms with Crippen molar-refractivity contribution in [1.82, 2.24) is 14.5 Å². The van der Waals surface area contributed by atoms with E-state index in [0.29, 0.717) is 5.92 Å². The lowest BCUT2D eigenvalue weighted by atomic mass is 9.97. The van der Waals surface area contributed by atoms with E-state index in [-0.39, 0.29) is 5.56 Å². The molecule has 0 aromatic carbocycles. The van der Waals surface area contributed by atoms with Crippen molar-refractivity contribution in [2.75, 3.05) is 20.1 Å². The number of likely N-dealkylation sites (tertiary alicyclic amines) is 1. The van der Waals surface area contributed by atoms with Gasteiger partial charge in [0, 0.05) is 18.8 Å². The summed E-state index contributed by atoms with van der Waals surface area (Å²) in [7, 11) is 2.15. The van der Waals surface area contributed by atoms with Crippen molar-refractivity contribution in [3.05, 3.63) is 28.9 Å². The van der Waals surface area contributed by atoms with Gasteiger partial charge in [-0.1, -0.05) is 0 Å². The zero-order chi connectivity index (χ0) is 10.7. The van der Waals surface area contributed by atoms with Crippen LogP contribution < -0.4 is 5.56 Å². The average Bonchev–Trinajstić information content (AvgIpc) is 2.25. The summed E-state index contributed by atoms with van der Waals surface area (Å²) in [6, 6.07) is 1.52. The molecular formula is C11H17N3O. The van der Waals surface area contributed by atoms with E-state index in [1.54, 1.807) is 17.1 Å². The largest absolute Gasteiger partial charge is 0.306 e. The number of hydrogen-bond acceptors (Lipinski definition) is 3. The molecule has 0 atom stereocenters. The minimum absolute atomic E-state index is 0.0592. The first-order valence-corrected chi connectivity index (χ1v) is 5.44. The maximum atomic E-state index is 11.5. The predicted octanol–water partition coefficient (Wildman–Crippen LogP) is 0.585. The van der Waals surface area contributed by atoms with Gasteiger partial charge >= 0.3 is 0 Å². The molecule has 82 valence electrons. The van der Waals surface area contributed by atoms with Crippen LogP contribution in [0.15, 0.2) is 23.4 Å². The summed E-state index contributed by atoms with van der Waals surface area (Å²) in [4.78, 5) is 17.8. The molecule has 0 spiro atoms. The molecule has 0 aliphatic carbocycles. The number of rotatable bonds is 2. The van der Waals surface area contributed by atoms with Crippen LogP contribution in [0.1, 0.15) is 12.8 Å². The van der Waals surface area contributed by atoms with Gasteiger partial charge in [0.25, 0.3) is 5.56 Å². The molecule has 4 heteroatoms. The maximum Gasteiger partial charge on any atom is 0.253 e. The van der Waals surface area contributed by atoms with Crippen molar-refractivity contribution in [2.45, 2.75) is 19.4 Å². The van der Waals surface area contributed by atoms with E-state index in [4.69, 9.17) is 0 Å². The molecule has 1 aliphatic rings. The van der Waals surface area contributed by atoms with Crippen LogP contribution in [0.5, 0.6) is 0 Å². The number of aromatic nitrogens is 2. The van der Waals surface area contributed by atoms with Crippen molar-refractivity contribution in [2.24, 2.45) is 5.92 Å². The van der Waals surface area contributed by atoms with E-state index < -0.39 is 0 Å². The smallest absolute Gasteiger partial charge is 0.253 e. The van der Waals surface area contributed by atoms with Gasteiger partial charge in [-0.2, -0.15) is 0 Å². The maximum absolute atomic E-state index is 11.5. The van der Waals surface area contributed by atoms with E-state index >= 15 is 0 Å². The van der Waals surface area contributed by atoms with E-state index in [1.165, 1.54) is 18.9 Å². The lowest BCUT2D eigenvalue weighted by Crippen LogP contribution is -2.33. The first-order valence-electron chi connectivity index (χ1n) is 5.44. The molecule has 0 unspecified atom stereocenters. The van der Waals surface area contributed by atoms with Crippen LogP contribution in [0.3, 0.4) is 0 Å². The second-order valence-corrected chi connectivity index (χ2v) is 4.32. The van der Waals surface area contributed by atoms with Crippen LogP contribution >= 0.6 is 0 Å². The molecule has 1 aliphatic heterocycles.